The second-order valence-corrected chi connectivity index (χ2v) is 10.5. The quantitative estimate of drug-likeness (QED) is 0.659. The molecule has 1 aromatic carbocycles. The number of carbonyl (C=O) groups excluding carboxylic acids is 2. The first-order chi connectivity index (χ1) is 16.7. The van der Waals surface area contributed by atoms with Crippen LogP contribution in [0.4, 0.5) is 0 Å². The Morgan fingerprint density at radius 1 is 1.09 bits per heavy atom. The van der Waals surface area contributed by atoms with E-state index in [1.165, 1.54) is 0 Å². The Morgan fingerprint density at radius 2 is 1.74 bits per heavy atom. The number of nitrogens with zero attached hydrogens (tertiary/aromatic N) is 4. The highest BCUT2D eigenvalue weighted by Crippen LogP contribution is 2.34. The van der Waals surface area contributed by atoms with Gasteiger partial charge in [0.2, 0.25) is 11.8 Å². The van der Waals surface area contributed by atoms with Gasteiger partial charge >= 0.3 is 0 Å². The average Bonchev–Trinajstić information content (AvgIpc) is 3.04. The number of aromatic nitrogens is 2. The van der Waals surface area contributed by atoms with Crippen LogP contribution in [0.15, 0.2) is 35.1 Å². The van der Waals surface area contributed by atoms with Crippen molar-refractivity contribution in [2.24, 2.45) is 13.0 Å². The van der Waals surface area contributed by atoms with Crippen LogP contribution in [0.3, 0.4) is 0 Å². The van der Waals surface area contributed by atoms with Crippen LogP contribution in [-0.2, 0) is 23.2 Å². The lowest BCUT2D eigenvalue weighted by Gasteiger charge is -2.51. The summed E-state index contributed by atoms with van der Waals surface area (Å²) in [5.41, 5.74) is 1.77. The Morgan fingerprint density at radius 3 is 2.34 bits per heavy atom. The number of rotatable bonds is 7. The monoisotopic (exact) mass is 481 g/mol. The van der Waals surface area contributed by atoms with Gasteiger partial charge in [0.15, 0.2) is 0 Å². The predicted octanol–water partition coefficient (Wildman–Crippen LogP) is 2.60. The molecular weight excluding hydrogens is 442 g/mol. The molecule has 2 fully saturated rings. The van der Waals surface area contributed by atoms with E-state index < -0.39 is 11.6 Å². The standard InChI is InChI=1S/C27H39N5O3/c1-6-14-31-25(34)23(17-19(2)3)28-26(35)27(31)12-15-30(16-13-27)18-22-20(4)29(5)32(24(22)33)21-10-8-7-9-11-21/h7-11,19,23H,6,12-18H2,1-5H3,(H,28,35). The minimum atomic E-state index is -0.785. The van der Waals surface area contributed by atoms with Crippen LogP contribution >= 0.6 is 0 Å². The molecule has 0 aliphatic carbocycles. The molecule has 1 spiro atoms. The molecule has 2 saturated heterocycles. The molecule has 2 aromatic rings. The third-order valence-electron chi connectivity index (χ3n) is 7.70. The summed E-state index contributed by atoms with van der Waals surface area (Å²) in [6.45, 7) is 10.6. The first-order valence-electron chi connectivity index (χ1n) is 12.9. The van der Waals surface area contributed by atoms with E-state index in [0.29, 0.717) is 51.4 Å². The summed E-state index contributed by atoms with van der Waals surface area (Å²) in [5, 5.41) is 3.05. The summed E-state index contributed by atoms with van der Waals surface area (Å²) in [4.78, 5) is 44.2. The number of para-hydroxylation sites is 1. The molecule has 0 saturated carbocycles. The fourth-order valence-corrected chi connectivity index (χ4v) is 5.66. The maximum Gasteiger partial charge on any atom is 0.276 e. The van der Waals surface area contributed by atoms with Crippen molar-refractivity contribution in [2.75, 3.05) is 19.6 Å². The number of piperidine rings is 1. The summed E-state index contributed by atoms with van der Waals surface area (Å²) in [6, 6.07) is 9.23. The third kappa shape index (κ3) is 4.56. The summed E-state index contributed by atoms with van der Waals surface area (Å²) in [5.74, 6) is 0.370. The van der Waals surface area contributed by atoms with Gasteiger partial charge in [0.25, 0.3) is 5.56 Å². The van der Waals surface area contributed by atoms with Crippen molar-refractivity contribution < 1.29 is 9.59 Å². The van der Waals surface area contributed by atoms with Gasteiger partial charge in [0, 0.05) is 38.9 Å². The molecule has 2 aliphatic rings. The normalized spacial score (nSPS) is 20.6. The van der Waals surface area contributed by atoms with Crippen molar-refractivity contribution in [3.63, 3.8) is 0 Å². The summed E-state index contributed by atoms with van der Waals surface area (Å²) < 4.78 is 3.62. The number of nitrogens with one attached hydrogen (secondary N) is 1. The van der Waals surface area contributed by atoms with Gasteiger partial charge in [-0.1, -0.05) is 39.0 Å². The Labute approximate surface area is 207 Å². The van der Waals surface area contributed by atoms with E-state index in [4.69, 9.17) is 0 Å². The Bertz CT molecular complexity index is 1130. The van der Waals surface area contributed by atoms with E-state index in [2.05, 4.69) is 31.0 Å². The van der Waals surface area contributed by atoms with E-state index in [-0.39, 0.29) is 17.4 Å². The predicted molar refractivity (Wildman–Crippen MR) is 136 cm³/mol. The molecule has 4 rings (SSSR count). The number of hydrogen-bond donors (Lipinski definition) is 1. The van der Waals surface area contributed by atoms with Gasteiger partial charge in [-0.05, 0) is 50.7 Å². The first-order valence-corrected chi connectivity index (χ1v) is 12.9. The molecule has 1 unspecified atom stereocenters. The lowest BCUT2D eigenvalue weighted by molar-refractivity contribution is -0.161. The molecule has 190 valence electrons. The van der Waals surface area contributed by atoms with Crippen molar-refractivity contribution in [1.82, 2.24) is 24.5 Å². The average molecular weight is 482 g/mol. The molecule has 2 amide bonds. The molecule has 2 aliphatic heterocycles. The maximum absolute atomic E-state index is 13.4. The van der Waals surface area contributed by atoms with Gasteiger partial charge in [0.05, 0.1) is 11.3 Å². The Kier molecular flexibility index (Phi) is 7.22. The molecular formula is C27H39N5O3. The van der Waals surface area contributed by atoms with Crippen LogP contribution in [0, 0.1) is 12.8 Å². The third-order valence-corrected chi connectivity index (χ3v) is 7.70. The number of amides is 2. The molecule has 0 radical (unpaired) electrons. The van der Waals surface area contributed by atoms with E-state index in [1.807, 2.05) is 53.9 Å². The van der Waals surface area contributed by atoms with Crippen LogP contribution < -0.4 is 10.9 Å². The highest BCUT2D eigenvalue weighted by atomic mass is 16.2. The lowest BCUT2D eigenvalue weighted by Crippen LogP contribution is -2.73. The van der Waals surface area contributed by atoms with Crippen molar-refractivity contribution >= 4 is 11.8 Å². The molecule has 1 N–H and O–H groups in total. The smallest absolute Gasteiger partial charge is 0.276 e. The number of likely N-dealkylation sites (tertiary alicyclic amines) is 1. The lowest BCUT2D eigenvalue weighted by atomic mass is 9.80. The zero-order chi connectivity index (χ0) is 25.3. The topological polar surface area (TPSA) is 79.6 Å². The fourth-order valence-electron chi connectivity index (χ4n) is 5.66. The van der Waals surface area contributed by atoms with Crippen molar-refractivity contribution in [3.8, 4) is 5.69 Å². The van der Waals surface area contributed by atoms with Gasteiger partial charge in [-0.25, -0.2) is 4.68 Å². The van der Waals surface area contributed by atoms with Gasteiger partial charge in [-0.15, -0.1) is 0 Å². The van der Waals surface area contributed by atoms with E-state index in [1.54, 1.807) is 4.68 Å². The molecule has 35 heavy (non-hydrogen) atoms. The second kappa shape index (κ2) is 10.0. The van der Waals surface area contributed by atoms with E-state index >= 15 is 0 Å². The number of benzene rings is 1. The molecule has 3 heterocycles. The van der Waals surface area contributed by atoms with Crippen LogP contribution in [0.25, 0.3) is 5.69 Å². The SMILES string of the molecule is CCCN1C(=O)C(CC(C)C)NC(=O)C12CCN(Cc1c(C)n(C)n(-c3ccccc3)c1=O)CC2. The van der Waals surface area contributed by atoms with Gasteiger partial charge < -0.3 is 10.2 Å². The van der Waals surface area contributed by atoms with Crippen molar-refractivity contribution in [3.05, 3.63) is 51.9 Å². The van der Waals surface area contributed by atoms with Crippen molar-refractivity contribution in [1.29, 1.82) is 0 Å². The van der Waals surface area contributed by atoms with E-state index in [9.17, 15) is 14.4 Å². The highest BCUT2D eigenvalue weighted by molar-refractivity contribution is 6.00. The molecule has 1 aromatic heterocycles. The number of carbonyl (C=O) groups is 2. The first kappa shape index (κ1) is 25.2. The molecule has 8 heteroatoms. The van der Waals surface area contributed by atoms with Crippen LogP contribution in [0.1, 0.15) is 57.7 Å². The summed E-state index contributed by atoms with van der Waals surface area (Å²) in [6.07, 6.45) is 2.64. The minimum Gasteiger partial charge on any atom is -0.342 e. The molecule has 0 bridgehead atoms. The Balaban J connectivity index is 1.52. The van der Waals surface area contributed by atoms with Crippen LogP contribution in [0.2, 0.25) is 0 Å². The molecule has 8 nitrogen and oxygen atoms in total. The molecule has 1 atom stereocenters. The van der Waals surface area contributed by atoms with Crippen LogP contribution in [-0.4, -0.2) is 62.2 Å². The van der Waals surface area contributed by atoms with Gasteiger partial charge in [-0.3, -0.25) is 24.0 Å². The number of hydrogen-bond acceptors (Lipinski definition) is 4. The fraction of sp³-hybridized carbons (Fsp3) is 0.593. The highest BCUT2D eigenvalue weighted by Gasteiger charge is 2.53. The zero-order valence-corrected chi connectivity index (χ0v) is 21.7. The second-order valence-electron chi connectivity index (χ2n) is 10.5. The van der Waals surface area contributed by atoms with Gasteiger partial charge in [0.1, 0.15) is 11.6 Å². The minimum absolute atomic E-state index is 0.00814. The number of piperazine rings is 1. The largest absolute Gasteiger partial charge is 0.342 e. The Hall–Kier alpha value is -2.87. The van der Waals surface area contributed by atoms with Crippen molar-refractivity contribution in [2.45, 2.75) is 71.5 Å². The zero-order valence-electron chi connectivity index (χ0n) is 21.7. The van der Waals surface area contributed by atoms with Crippen LogP contribution in [0.5, 0.6) is 0 Å². The maximum atomic E-state index is 13.4. The van der Waals surface area contributed by atoms with E-state index in [0.717, 1.165) is 23.4 Å². The van der Waals surface area contributed by atoms with Gasteiger partial charge in [-0.2, -0.15) is 0 Å². The summed E-state index contributed by atoms with van der Waals surface area (Å²) >= 11 is 0. The summed E-state index contributed by atoms with van der Waals surface area (Å²) in [7, 11) is 1.91.